The van der Waals surface area contributed by atoms with Crippen molar-refractivity contribution in [2.75, 3.05) is 6.61 Å². The summed E-state index contributed by atoms with van der Waals surface area (Å²) in [4.78, 5) is 67.1. The molecular weight excluding hydrogens is 668 g/mol. The normalized spacial score (nSPS) is 48.2. The fourth-order valence-electron chi connectivity index (χ4n) is 11.9. The van der Waals surface area contributed by atoms with Crippen LogP contribution in [0.4, 0.5) is 0 Å². The Kier molecular flexibility index (Phi) is 8.19. The molecule has 2 saturated heterocycles. The molecule has 14 heteroatoms. The van der Waals surface area contributed by atoms with Crippen LogP contribution in [0.1, 0.15) is 86.1 Å². The number of furan rings is 1. The Morgan fingerprint density at radius 2 is 1.63 bits per heavy atom. The van der Waals surface area contributed by atoms with Crippen LogP contribution in [0.5, 0.6) is 0 Å². The number of ketones is 1. The molecule has 1 spiro atoms. The highest BCUT2D eigenvalue weighted by atomic mass is 16.7. The first kappa shape index (κ1) is 36.0. The van der Waals surface area contributed by atoms with Gasteiger partial charge in [-0.3, -0.25) is 24.0 Å². The highest BCUT2D eigenvalue weighted by molar-refractivity contribution is 5.93. The second-order valence-electron chi connectivity index (χ2n) is 16.3. The quantitative estimate of drug-likeness (QED) is 0.237. The monoisotopic (exact) mass is 716 g/mol. The zero-order valence-corrected chi connectivity index (χ0v) is 30.2. The number of carbonyl (C=O) groups is 5. The van der Waals surface area contributed by atoms with Crippen molar-refractivity contribution in [1.29, 1.82) is 0 Å². The van der Waals surface area contributed by atoms with Crippen molar-refractivity contribution in [1.82, 2.24) is 0 Å². The molecule has 0 radical (unpaired) electrons. The topological polar surface area (TPSA) is 198 Å². The molecule has 16 atom stereocenters. The Morgan fingerprint density at radius 3 is 2.22 bits per heavy atom. The molecule has 4 aliphatic carbocycles. The lowest BCUT2D eigenvalue weighted by atomic mass is 9.33. The van der Waals surface area contributed by atoms with Crippen molar-refractivity contribution in [3.05, 3.63) is 24.2 Å². The highest BCUT2D eigenvalue weighted by Gasteiger charge is 2.93. The van der Waals surface area contributed by atoms with Gasteiger partial charge in [-0.2, -0.15) is 0 Å². The van der Waals surface area contributed by atoms with Gasteiger partial charge in [0.05, 0.1) is 48.1 Å². The largest absolute Gasteiger partial charge is 0.472 e. The fourth-order valence-corrected chi connectivity index (χ4v) is 11.9. The first-order valence-corrected chi connectivity index (χ1v) is 17.8. The molecule has 4 saturated carbocycles. The SMILES string of the molecule is CC[C@@H](C)C(=O)O[C@H]1OC[C@@]23[C@H]4C(=O)[C@H](OC(C)=O)[C@@]5(C)[C@H](c6ccoc6)C[C@H]6O[C@]65[C@]4(C)[C@H](O)C[C@H]2[C@]1(C)[C@H](OC(C)=O)[C@H](OC(C)=O)[C@@H]3O. The zero-order valence-electron chi connectivity index (χ0n) is 30.2. The van der Waals surface area contributed by atoms with E-state index in [1.807, 2.05) is 13.8 Å². The van der Waals surface area contributed by atoms with Crippen LogP contribution in [-0.2, 0) is 52.4 Å². The average molecular weight is 717 g/mol. The second-order valence-corrected chi connectivity index (χ2v) is 16.3. The molecule has 2 bridgehead atoms. The van der Waals surface area contributed by atoms with Gasteiger partial charge in [-0.1, -0.05) is 27.7 Å². The van der Waals surface area contributed by atoms with Gasteiger partial charge in [-0.25, -0.2) is 0 Å². The number of hydrogen-bond donors (Lipinski definition) is 2. The van der Waals surface area contributed by atoms with Gasteiger partial charge in [0.1, 0.15) is 11.7 Å². The maximum Gasteiger partial charge on any atom is 0.310 e. The number of ether oxygens (including phenoxy) is 6. The second kappa shape index (κ2) is 11.6. The van der Waals surface area contributed by atoms with Gasteiger partial charge in [-0.05, 0) is 43.7 Å². The summed E-state index contributed by atoms with van der Waals surface area (Å²) in [5.41, 5.74) is -6.23. The number of esters is 4. The van der Waals surface area contributed by atoms with Crippen LogP contribution in [0.15, 0.2) is 23.0 Å². The van der Waals surface area contributed by atoms with Gasteiger partial charge in [-0.15, -0.1) is 0 Å². The fraction of sp³-hybridized carbons (Fsp3) is 0.757. The Morgan fingerprint density at radius 1 is 0.961 bits per heavy atom. The number of carbonyl (C=O) groups excluding carboxylic acids is 5. The van der Waals surface area contributed by atoms with E-state index in [-0.39, 0.29) is 18.9 Å². The predicted molar refractivity (Wildman–Crippen MR) is 171 cm³/mol. The molecule has 1 aromatic rings. The van der Waals surface area contributed by atoms with Crippen LogP contribution in [0.3, 0.4) is 0 Å². The molecule has 0 unspecified atom stereocenters. The van der Waals surface area contributed by atoms with Crippen LogP contribution >= 0.6 is 0 Å². The van der Waals surface area contributed by atoms with E-state index in [2.05, 4.69) is 0 Å². The molecule has 0 aromatic carbocycles. The number of fused-ring (bicyclic) bond motifs is 1. The molecule has 7 rings (SSSR count). The van der Waals surface area contributed by atoms with Crippen molar-refractivity contribution in [2.45, 2.75) is 129 Å². The van der Waals surface area contributed by atoms with Crippen molar-refractivity contribution < 1.29 is 67.0 Å². The van der Waals surface area contributed by atoms with Crippen LogP contribution in [0.25, 0.3) is 0 Å². The minimum atomic E-state index is -1.70. The average Bonchev–Trinajstić information content (AvgIpc) is 3.42. The Labute approximate surface area is 295 Å². The van der Waals surface area contributed by atoms with E-state index in [1.165, 1.54) is 13.2 Å². The zero-order chi connectivity index (χ0) is 37.2. The summed E-state index contributed by atoms with van der Waals surface area (Å²) in [6.45, 7) is 11.9. The van der Waals surface area contributed by atoms with Gasteiger partial charge in [0, 0.05) is 43.4 Å². The first-order valence-electron chi connectivity index (χ1n) is 17.8. The number of aliphatic hydroxyl groups is 2. The highest BCUT2D eigenvalue weighted by Crippen LogP contribution is 2.83. The summed E-state index contributed by atoms with van der Waals surface area (Å²) >= 11 is 0. The van der Waals surface area contributed by atoms with E-state index in [4.69, 9.17) is 32.8 Å². The van der Waals surface area contributed by atoms with Crippen LogP contribution in [-0.4, -0.2) is 95.0 Å². The summed E-state index contributed by atoms with van der Waals surface area (Å²) in [5.74, 6) is -6.50. The molecule has 3 heterocycles. The predicted octanol–water partition coefficient (Wildman–Crippen LogP) is 2.60. The minimum absolute atomic E-state index is 0.0539. The maximum absolute atomic E-state index is 15.5. The Bertz CT molecular complexity index is 1640. The summed E-state index contributed by atoms with van der Waals surface area (Å²) in [7, 11) is 0. The van der Waals surface area contributed by atoms with Gasteiger partial charge >= 0.3 is 23.9 Å². The van der Waals surface area contributed by atoms with Crippen molar-refractivity contribution >= 4 is 29.7 Å². The van der Waals surface area contributed by atoms with E-state index >= 15 is 4.79 Å². The molecule has 280 valence electrons. The van der Waals surface area contributed by atoms with Gasteiger partial charge < -0.3 is 43.1 Å². The van der Waals surface area contributed by atoms with Gasteiger partial charge in [0.25, 0.3) is 0 Å². The number of aliphatic hydroxyl groups excluding tert-OH is 2. The number of Topliss-reactive ketones (excluding diaryl/α,β-unsaturated/α-hetero) is 1. The maximum atomic E-state index is 15.5. The molecule has 2 aliphatic heterocycles. The lowest BCUT2D eigenvalue weighted by Crippen LogP contribution is -2.84. The van der Waals surface area contributed by atoms with E-state index in [0.717, 1.165) is 19.4 Å². The lowest BCUT2D eigenvalue weighted by Gasteiger charge is -2.73. The third kappa shape index (κ3) is 4.33. The molecule has 2 N–H and O–H groups in total. The molecule has 1 aromatic heterocycles. The molecule has 51 heavy (non-hydrogen) atoms. The van der Waals surface area contributed by atoms with Crippen LogP contribution in [0.2, 0.25) is 0 Å². The van der Waals surface area contributed by atoms with E-state index in [9.17, 15) is 29.4 Å². The standard InChI is InChI=1S/C37H48O14/c1-9-16(2)31(44)50-32-33(6)22-13-23(41)35(8)27(36(22,15-46-32)28(43)26(47-17(3)38)30(33)49-19(5)40)25(42)29(48-18(4)39)34(7)21(20-10-11-45-14-20)12-24-37(34,35)51-24/h10-11,14,16,21-24,26-30,32,41,43H,9,12-13,15H2,1-8H3/t16-,21+,22+,23-,24-,26-,27+,28+,29+,30-,32-,33-,34-,35-,36+,37-/m1/s1. The summed E-state index contributed by atoms with van der Waals surface area (Å²) in [5, 5.41) is 25.3. The number of hydrogen-bond acceptors (Lipinski definition) is 14. The van der Waals surface area contributed by atoms with E-state index in [1.54, 1.807) is 33.1 Å². The lowest BCUT2D eigenvalue weighted by molar-refractivity contribution is -0.391. The third-order valence-corrected chi connectivity index (χ3v) is 14.1. The van der Waals surface area contributed by atoms with Gasteiger partial charge in [0.15, 0.2) is 24.1 Å². The Balaban J connectivity index is 1.45. The van der Waals surface area contributed by atoms with Crippen LogP contribution in [0, 0.1) is 39.4 Å². The molecule has 6 aliphatic rings. The molecule has 6 fully saturated rings. The number of rotatable bonds is 7. The summed E-state index contributed by atoms with van der Waals surface area (Å²) in [6, 6.07) is 1.80. The molecule has 0 amide bonds. The van der Waals surface area contributed by atoms with E-state index < -0.39 is 118 Å². The Hall–Kier alpha value is -3.33. The van der Waals surface area contributed by atoms with Crippen molar-refractivity contribution in [2.24, 2.45) is 39.4 Å². The smallest absolute Gasteiger partial charge is 0.310 e. The molecular formula is C37H48O14. The molecule has 14 nitrogen and oxygen atoms in total. The van der Waals surface area contributed by atoms with E-state index in [0.29, 0.717) is 12.8 Å². The summed E-state index contributed by atoms with van der Waals surface area (Å²) < 4.78 is 42.2. The third-order valence-electron chi connectivity index (χ3n) is 14.1. The van der Waals surface area contributed by atoms with Gasteiger partial charge in [0.2, 0.25) is 6.29 Å². The first-order chi connectivity index (χ1) is 23.9. The minimum Gasteiger partial charge on any atom is -0.472 e. The van der Waals surface area contributed by atoms with Crippen molar-refractivity contribution in [3.63, 3.8) is 0 Å². The summed E-state index contributed by atoms with van der Waals surface area (Å²) in [6.07, 6.45) is -5.17. The van der Waals surface area contributed by atoms with Crippen molar-refractivity contribution in [3.8, 4) is 0 Å². The van der Waals surface area contributed by atoms with Crippen LogP contribution < -0.4 is 0 Å². The number of epoxide rings is 1.